The number of nitrogens with zero attached hydrogens (tertiary/aromatic N) is 1. The van der Waals surface area contributed by atoms with Gasteiger partial charge in [-0.05, 0) is 48.5 Å². The van der Waals surface area contributed by atoms with Gasteiger partial charge in [-0.15, -0.1) is 6.58 Å². The molecule has 1 N–H and O–H groups in total. The zero-order valence-corrected chi connectivity index (χ0v) is 15.7. The molecule has 0 aliphatic carbocycles. The number of nitrogens with one attached hydrogen (secondary N) is 1. The molecule has 0 saturated heterocycles. The summed E-state index contributed by atoms with van der Waals surface area (Å²) in [6, 6.07) is 11.8. The molecular weight excluding hydrogens is 371 g/mol. The van der Waals surface area contributed by atoms with Gasteiger partial charge in [0.05, 0.1) is 25.0 Å². The van der Waals surface area contributed by atoms with E-state index in [1.807, 2.05) is 0 Å². The molecule has 0 heterocycles. The molecule has 144 valence electrons. The third-order valence-electron chi connectivity index (χ3n) is 3.58. The van der Waals surface area contributed by atoms with E-state index in [1.165, 1.54) is 34.6 Å². The molecule has 0 aromatic heterocycles. The molecule has 0 atom stereocenters. The van der Waals surface area contributed by atoms with Gasteiger partial charge in [-0.2, -0.15) is 0 Å². The summed E-state index contributed by atoms with van der Waals surface area (Å²) in [7, 11) is -3.44. The minimum absolute atomic E-state index is 0.144. The lowest BCUT2D eigenvalue weighted by Gasteiger charge is -2.20. The third-order valence-corrected chi connectivity index (χ3v) is 4.74. The van der Waals surface area contributed by atoms with Crippen molar-refractivity contribution in [2.45, 2.75) is 0 Å². The lowest BCUT2D eigenvalue weighted by atomic mass is 10.2. The summed E-state index contributed by atoms with van der Waals surface area (Å²) in [6.45, 7) is 4.20. The van der Waals surface area contributed by atoms with Gasteiger partial charge in [0.25, 0.3) is 5.91 Å². The number of rotatable bonds is 9. The normalized spacial score (nSPS) is 10.9. The van der Waals surface area contributed by atoms with Crippen molar-refractivity contribution in [3.05, 3.63) is 72.6 Å². The molecule has 0 aliphatic heterocycles. The number of anilines is 1. The second-order valence-corrected chi connectivity index (χ2v) is 7.59. The molecule has 6 nitrogen and oxygen atoms in total. The van der Waals surface area contributed by atoms with E-state index >= 15 is 0 Å². The van der Waals surface area contributed by atoms with Gasteiger partial charge in [0, 0.05) is 5.56 Å². The van der Waals surface area contributed by atoms with Crippen LogP contribution in [0.2, 0.25) is 0 Å². The molecule has 0 unspecified atom stereocenters. The van der Waals surface area contributed by atoms with Crippen LogP contribution in [0.15, 0.2) is 61.2 Å². The summed E-state index contributed by atoms with van der Waals surface area (Å²) in [5.41, 5.74) is 0.848. The summed E-state index contributed by atoms with van der Waals surface area (Å²) in [5, 5.41) is 2.70. The van der Waals surface area contributed by atoms with Crippen molar-refractivity contribution in [2.75, 3.05) is 30.3 Å². The number of amides is 1. The number of hydrogen-bond donors (Lipinski definition) is 1. The molecule has 2 aromatic rings. The fourth-order valence-electron chi connectivity index (χ4n) is 2.29. The Morgan fingerprint density at radius 2 is 1.81 bits per heavy atom. The van der Waals surface area contributed by atoms with Crippen LogP contribution in [0.4, 0.5) is 10.1 Å². The number of carbonyl (C=O) groups is 1. The zero-order valence-electron chi connectivity index (χ0n) is 14.9. The summed E-state index contributed by atoms with van der Waals surface area (Å²) < 4.78 is 43.0. The van der Waals surface area contributed by atoms with Crippen LogP contribution in [-0.4, -0.2) is 40.3 Å². The highest BCUT2D eigenvalue weighted by molar-refractivity contribution is 7.92. The second-order valence-electron chi connectivity index (χ2n) is 5.69. The molecule has 2 rings (SSSR count). The summed E-state index contributed by atoms with van der Waals surface area (Å²) in [4.78, 5) is 12.1. The molecule has 27 heavy (non-hydrogen) atoms. The topological polar surface area (TPSA) is 75.7 Å². The van der Waals surface area contributed by atoms with E-state index in [0.29, 0.717) is 17.0 Å². The van der Waals surface area contributed by atoms with Gasteiger partial charge in [0.15, 0.2) is 0 Å². The smallest absolute Gasteiger partial charge is 0.251 e. The van der Waals surface area contributed by atoms with Gasteiger partial charge in [-0.3, -0.25) is 9.10 Å². The van der Waals surface area contributed by atoms with Crippen LogP contribution >= 0.6 is 0 Å². The minimum atomic E-state index is -3.44. The predicted octanol–water partition coefficient (Wildman–Crippen LogP) is 2.59. The Balaban J connectivity index is 1.89. The minimum Gasteiger partial charge on any atom is -0.492 e. The highest BCUT2D eigenvalue weighted by Crippen LogP contribution is 2.18. The molecule has 8 heteroatoms. The lowest BCUT2D eigenvalue weighted by molar-refractivity contribution is 0.0947. The van der Waals surface area contributed by atoms with Gasteiger partial charge in [-0.1, -0.05) is 6.08 Å². The van der Waals surface area contributed by atoms with E-state index in [0.717, 1.165) is 6.26 Å². The quantitative estimate of drug-likeness (QED) is 0.526. The molecule has 1 amide bonds. The van der Waals surface area contributed by atoms with Crippen molar-refractivity contribution < 1.29 is 22.3 Å². The first-order chi connectivity index (χ1) is 12.8. The van der Waals surface area contributed by atoms with Crippen LogP contribution in [0.3, 0.4) is 0 Å². The standard InChI is InChI=1S/C19H21FN2O4S/c1-3-13-22(27(2,24)25)17-8-4-15(5-9-17)19(23)21-12-14-26-18-10-6-16(20)7-11-18/h3-11H,1,12-14H2,2H3,(H,21,23). The van der Waals surface area contributed by atoms with Crippen molar-refractivity contribution in [3.8, 4) is 5.75 Å². The van der Waals surface area contributed by atoms with Crippen molar-refractivity contribution in [2.24, 2.45) is 0 Å². The Labute approximate surface area is 158 Å². The number of hydrogen-bond acceptors (Lipinski definition) is 4. The van der Waals surface area contributed by atoms with E-state index < -0.39 is 10.0 Å². The van der Waals surface area contributed by atoms with E-state index in [4.69, 9.17) is 4.74 Å². The van der Waals surface area contributed by atoms with Crippen LogP contribution in [0.5, 0.6) is 5.75 Å². The number of benzene rings is 2. The first-order valence-electron chi connectivity index (χ1n) is 8.16. The fourth-order valence-corrected chi connectivity index (χ4v) is 3.18. The van der Waals surface area contributed by atoms with E-state index in [2.05, 4.69) is 11.9 Å². The summed E-state index contributed by atoms with van der Waals surface area (Å²) in [5.74, 6) is -0.140. The van der Waals surface area contributed by atoms with Crippen LogP contribution in [0, 0.1) is 5.82 Å². The Morgan fingerprint density at radius 3 is 2.37 bits per heavy atom. The van der Waals surface area contributed by atoms with Crippen molar-refractivity contribution in [1.29, 1.82) is 0 Å². The Bertz CT molecular complexity index is 881. The van der Waals surface area contributed by atoms with Crippen molar-refractivity contribution >= 4 is 21.6 Å². The Kier molecular flexibility index (Phi) is 6.95. The predicted molar refractivity (Wildman–Crippen MR) is 103 cm³/mol. The van der Waals surface area contributed by atoms with Crippen LogP contribution in [-0.2, 0) is 10.0 Å². The first kappa shape index (κ1) is 20.4. The third kappa shape index (κ3) is 6.10. The number of halogens is 1. The Hall–Kier alpha value is -2.87. The maximum absolute atomic E-state index is 12.8. The van der Waals surface area contributed by atoms with Crippen LogP contribution in [0.1, 0.15) is 10.4 Å². The maximum atomic E-state index is 12.8. The molecule has 0 aliphatic rings. The van der Waals surface area contributed by atoms with Crippen molar-refractivity contribution in [1.82, 2.24) is 5.32 Å². The highest BCUT2D eigenvalue weighted by Gasteiger charge is 2.16. The number of sulfonamides is 1. The van der Waals surface area contributed by atoms with Gasteiger partial charge in [0.2, 0.25) is 10.0 Å². The van der Waals surface area contributed by atoms with Gasteiger partial charge in [-0.25, -0.2) is 12.8 Å². The number of ether oxygens (including phenoxy) is 1. The molecule has 2 aromatic carbocycles. The Morgan fingerprint density at radius 1 is 1.19 bits per heavy atom. The zero-order chi connectivity index (χ0) is 19.9. The largest absolute Gasteiger partial charge is 0.492 e. The van der Waals surface area contributed by atoms with Crippen molar-refractivity contribution in [3.63, 3.8) is 0 Å². The average molecular weight is 392 g/mol. The monoisotopic (exact) mass is 392 g/mol. The molecule has 0 radical (unpaired) electrons. The highest BCUT2D eigenvalue weighted by atomic mass is 32.2. The molecule has 0 fully saturated rings. The number of carbonyl (C=O) groups excluding carboxylic acids is 1. The first-order valence-corrected chi connectivity index (χ1v) is 10.0. The van der Waals surface area contributed by atoms with Crippen LogP contribution in [0.25, 0.3) is 0 Å². The van der Waals surface area contributed by atoms with E-state index in [9.17, 15) is 17.6 Å². The summed E-state index contributed by atoms with van der Waals surface area (Å²) in [6.07, 6.45) is 2.60. The molecule has 0 bridgehead atoms. The lowest BCUT2D eigenvalue weighted by Crippen LogP contribution is -2.30. The second kappa shape index (κ2) is 9.18. The maximum Gasteiger partial charge on any atom is 0.251 e. The van der Waals surface area contributed by atoms with Crippen LogP contribution < -0.4 is 14.4 Å². The molecule has 0 saturated carbocycles. The van der Waals surface area contributed by atoms with Gasteiger partial charge in [0.1, 0.15) is 18.2 Å². The molecule has 0 spiro atoms. The fraction of sp³-hybridized carbons (Fsp3) is 0.211. The van der Waals surface area contributed by atoms with Gasteiger partial charge >= 0.3 is 0 Å². The van der Waals surface area contributed by atoms with Gasteiger partial charge < -0.3 is 10.1 Å². The van der Waals surface area contributed by atoms with E-state index in [-0.39, 0.29) is 31.4 Å². The average Bonchev–Trinajstić information content (AvgIpc) is 2.64. The summed E-state index contributed by atoms with van der Waals surface area (Å²) >= 11 is 0. The molecular formula is C19H21FN2O4S. The van der Waals surface area contributed by atoms with E-state index in [1.54, 1.807) is 24.3 Å². The SMILES string of the molecule is C=CCN(c1ccc(C(=O)NCCOc2ccc(F)cc2)cc1)S(C)(=O)=O.